The van der Waals surface area contributed by atoms with Gasteiger partial charge in [0.1, 0.15) is 0 Å². The predicted octanol–water partition coefficient (Wildman–Crippen LogP) is 1.86. The van der Waals surface area contributed by atoms with Gasteiger partial charge in [0.15, 0.2) is 0 Å². The average molecular weight is 243 g/mol. The highest BCUT2D eigenvalue weighted by atomic mass is 16.5. The number of nitrogens with two attached hydrogens (primary N) is 1. The molecule has 0 aromatic rings. The highest BCUT2D eigenvalue weighted by Gasteiger charge is 2.26. The Morgan fingerprint density at radius 2 is 1.88 bits per heavy atom. The Kier molecular flexibility index (Phi) is 5.40. The monoisotopic (exact) mass is 243 g/mol. The van der Waals surface area contributed by atoms with Gasteiger partial charge >= 0.3 is 5.97 Å². The summed E-state index contributed by atoms with van der Waals surface area (Å²) in [6, 6.07) is 0.270. The van der Waals surface area contributed by atoms with Crippen molar-refractivity contribution in [2.75, 3.05) is 13.7 Å². The number of ether oxygens (including phenoxy) is 2. The fourth-order valence-electron chi connectivity index (χ4n) is 1.97. The van der Waals surface area contributed by atoms with Gasteiger partial charge in [0.05, 0.1) is 18.1 Å². The van der Waals surface area contributed by atoms with Crippen LogP contribution in [-0.2, 0) is 14.3 Å². The van der Waals surface area contributed by atoms with E-state index >= 15 is 0 Å². The molecule has 1 aliphatic rings. The summed E-state index contributed by atoms with van der Waals surface area (Å²) in [6.07, 6.45) is 4.33. The van der Waals surface area contributed by atoms with E-state index in [0.717, 1.165) is 32.1 Å². The first kappa shape index (κ1) is 14.5. The molecule has 17 heavy (non-hydrogen) atoms. The second-order valence-corrected chi connectivity index (χ2v) is 5.49. The first-order valence-corrected chi connectivity index (χ1v) is 6.42. The molecule has 1 aliphatic carbocycles. The second kappa shape index (κ2) is 6.36. The van der Waals surface area contributed by atoms with E-state index in [9.17, 15) is 4.79 Å². The van der Waals surface area contributed by atoms with Crippen molar-refractivity contribution in [2.45, 2.75) is 57.6 Å². The number of hydrogen-bond donors (Lipinski definition) is 1. The van der Waals surface area contributed by atoms with Crippen molar-refractivity contribution in [1.29, 1.82) is 0 Å². The number of rotatable bonds is 5. The van der Waals surface area contributed by atoms with Crippen LogP contribution in [0.5, 0.6) is 0 Å². The van der Waals surface area contributed by atoms with Crippen molar-refractivity contribution in [3.8, 4) is 0 Å². The van der Waals surface area contributed by atoms with Gasteiger partial charge < -0.3 is 15.2 Å². The summed E-state index contributed by atoms with van der Waals surface area (Å²) in [6.45, 7) is 4.41. The molecule has 0 amide bonds. The number of hydrogen-bond acceptors (Lipinski definition) is 4. The molecule has 2 N–H and O–H groups in total. The Hall–Kier alpha value is -0.610. The normalized spacial score (nSPS) is 25.6. The third-order valence-electron chi connectivity index (χ3n) is 3.61. The molecule has 100 valence electrons. The Labute approximate surface area is 104 Å². The summed E-state index contributed by atoms with van der Waals surface area (Å²) in [5.41, 5.74) is 5.58. The summed E-state index contributed by atoms with van der Waals surface area (Å²) in [7, 11) is 1.67. The molecule has 4 nitrogen and oxygen atoms in total. The average Bonchev–Trinajstić information content (AvgIpc) is 2.29. The lowest BCUT2D eigenvalue weighted by atomic mass is 9.86. The molecule has 1 saturated carbocycles. The SMILES string of the molecule is COC(C)(C)CCOC(=O)C1CCC(N)CC1. The minimum atomic E-state index is -0.227. The smallest absolute Gasteiger partial charge is 0.308 e. The van der Waals surface area contributed by atoms with E-state index in [0.29, 0.717) is 6.61 Å². The summed E-state index contributed by atoms with van der Waals surface area (Å²) >= 11 is 0. The van der Waals surface area contributed by atoms with Gasteiger partial charge in [-0.15, -0.1) is 0 Å². The molecule has 0 heterocycles. The molecule has 0 atom stereocenters. The molecule has 0 saturated heterocycles. The van der Waals surface area contributed by atoms with Gasteiger partial charge in [-0.3, -0.25) is 4.79 Å². The Balaban J connectivity index is 2.21. The third kappa shape index (κ3) is 5.04. The molecule has 1 rings (SSSR count). The van der Waals surface area contributed by atoms with E-state index in [4.69, 9.17) is 15.2 Å². The summed E-state index contributed by atoms with van der Waals surface area (Å²) in [5.74, 6) is -0.00994. The topological polar surface area (TPSA) is 61.5 Å². The lowest BCUT2D eigenvalue weighted by molar-refractivity contribution is -0.151. The van der Waals surface area contributed by atoms with Gasteiger partial charge in [-0.2, -0.15) is 0 Å². The van der Waals surface area contributed by atoms with Crippen LogP contribution < -0.4 is 5.73 Å². The molecule has 1 fully saturated rings. The lowest BCUT2D eigenvalue weighted by Crippen LogP contribution is -2.31. The van der Waals surface area contributed by atoms with Crippen LogP contribution >= 0.6 is 0 Å². The van der Waals surface area contributed by atoms with E-state index in [1.54, 1.807) is 7.11 Å². The van der Waals surface area contributed by atoms with Crippen molar-refractivity contribution >= 4 is 5.97 Å². The van der Waals surface area contributed by atoms with E-state index in [1.165, 1.54) is 0 Å². The third-order valence-corrected chi connectivity index (χ3v) is 3.61. The molecule has 0 aliphatic heterocycles. The van der Waals surface area contributed by atoms with Gasteiger partial charge in [-0.05, 0) is 39.5 Å². The van der Waals surface area contributed by atoms with Crippen molar-refractivity contribution in [3.63, 3.8) is 0 Å². The number of esters is 1. The van der Waals surface area contributed by atoms with Gasteiger partial charge in [0, 0.05) is 19.6 Å². The van der Waals surface area contributed by atoms with Crippen LogP contribution in [0.25, 0.3) is 0 Å². The van der Waals surface area contributed by atoms with Crippen LogP contribution in [0.15, 0.2) is 0 Å². The quantitative estimate of drug-likeness (QED) is 0.749. The Morgan fingerprint density at radius 1 is 1.29 bits per heavy atom. The van der Waals surface area contributed by atoms with Gasteiger partial charge in [-0.1, -0.05) is 0 Å². The van der Waals surface area contributed by atoms with Crippen LogP contribution in [0.1, 0.15) is 46.0 Å². The number of carbonyl (C=O) groups is 1. The maximum absolute atomic E-state index is 11.8. The van der Waals surface area contributed by atoms with Crippen molar-refractivity contribution in [3.05, 3.63) is 0 Å². The zero-order valence-corrected chi connectivity index (χ0v) is 11.2. The second-order valence-electron chi connectivity index (χ2n) is 5.49. The molecule has 4 heteroatoms. The molecule has 0 spiro atoms. The largest absolute Gasteiger partial charge is 0.465 e. The standard InChI is InChI=1S/C13H25NO3/c1-13(2,16-3)8-9-17-12(15)10-4-6-11(14)7-5-10/h10-11H,4-9,14H2,1-3H3. The zero-order chi connectivity index (χ0) is 12.9. The zero-order valence-electron chi connectivity index (χ0n) is 11.2. The van der Waals surface area contributed by atoms with E-state index < -0.39 is 0 Å². The van der Waals surface area contributed by atoms with Crippen molar-refractivity contribution in [1.82, 2.24) is 0 Å². The number of methoxy groups -OCH3 is 1. The first-order valence-electron chi connectivity index (χ1n) is 6.42. The Bertz CT molecular complexity index is 245. The molecule has 0 radical (unpaired) electrons. The lowest BCUT2D eigenvalue weighted by Gasteiger charge is -2.26. The van der Waals surface area contributed by atoms with Crippen LogP contribution in [0.3, 0.4) is 0 Å². The molecule has 0 aromatic heterocycles. The van der Waals surface area contributed by atoms with Crippen LogP contribution in [-0.4, -0.2) is 31.3 Å². The van der Waals surface area contributed by atoms with Crippen molar-refractivity contribution < 1.29 is 14.3 Å². The highest BCUT2D eigenvalue weighted by Crippen LogP contribution is 2.24. The van der Waals surface area contributed by atoms with Crippen molar-refractivity contribution in [2.24, 2.45) is 11.7 Å². The molecule has 0 bridgehead atoms. The summed E-state index contributed by atoms with van der Waals surface area (Å²) < 4.78 is 10.6. The van der Waals surface area contributed by atoms with E-state index in [2.05, 4.69) is 0 Å². The number of carbonyl (C=O) groups excluding carboxylic acids is 1. The van der Waals surface area contributed by atoms with Gasteiger partial charge in [-0.25, -0.2) is 0 Å². The van der Waals surface area contributed by atoms with Crippen LogP contribution in [0.4, 0.5) is 0 Å². The maximum Gasteiger partial charge on any atom is 0.308 e. The minimum Gasteiger partial charge on any atom is -0.465 e. The fourth-order valence-corrected chi connectivity index (χ4v) is 1.97. The maximum atomic E-state index is 11.8. The van der Waals surface area contributed by atoms with Crippen LogP contribution in [0, 0.1) is 5.92 Å². The van der Waals surface area contributed by atoms with Gasteiger partial charge in [0.25, 0.3) is 0 Å². The minimum absolute atomic E-state index is 0.0560. The van der Waals surface area contributed by atoms with Crippen LogP contribution in [0.2, 0.25) is 0 Å². The predicted molar refractivity (Wildman–Crippen MR) is 66.6 cm³/mol. The molecule has 0 unspecified atom stereocenters. The summed E-state index contributed by atoms with van der Waals surface area (Å²) in [4.78, 5) is 11.8. The first-order chi connectivity index (χ1) is 7.94. The summed E-state index contributed by atoms with van der Waals surface area (Å²) in [5, 5.41) is 0. The fraction of sp³-hybridized carbons (Fsp3) is 0.923. The molecule has 0 aromatic carbocycles. The van der Waals surface area contributed by atoms with Gasteiger partial charge in [0.2, 0.25) is 0 Å². The van der Waals surface area contributed by atoms with E-state index in [1.807, 2.05) is 13.8 Å². The highest BCUT2D eigenvalue weighted by molar-refractivity contribution is 5.72. The molecular weight excluding hydrogens is 218 g/mol. The Morgan fingerprint density at radius 3 is 2.41 bits per heavy atom. The van der Waals surface area contributed by atoms with E-state index in [-0.39, 0.29) is 23.5 Å². The molecular formula is C13H25NO3.